The first-order valence-electron chi connectivity index (χ1n) is 8.49. The van der Waals surface area contributed by atoms with Crippen molar-refractivity contribution in [2.75, 3.05) is 13.1 Å². The summed E-state index contributed by atoms with van der Waals surface area (Å²) in [6.07, 6.45) is 4.12. The van der Waals surface area contributed by atoms with E-state index in [1.165, 1.54) is 12.1 Å². The van der Waals surface area contributed by atoms with E-state index in [0.29, 0.717) is 12.5 Å². The molecule has 0 radical (unpaired) electrons. The van der Waals surface area contributed by atoms with Crippen molar-refractivity contribution in [3.8, 4) is 11.3 Å². The summed E-state index contributed by atoms with van der Waals surface area (Å²) in [6, 6.07) is 8.36. The molecular formula is C18H20FN5O. The van der Waals surface area contributed by atoms with Gasteiger partial charge in [-0.2, -0.15) is 10.1 Å². The van der Waals surface area contributed by atoms with Gasteiger partial charge in [0, 0.05) is 18.3 Å². The van der Waals surface area contributed by atoms with E-state index in [1.807, 2.05) is 23.9 Å². The van der Waals surface area contributed by atoms with Gasteiger partial charge in [0.1, 0.15) is 5.82 Å². The molecular weight excluding hydrogens is 321 g/mol. The van der Waals surface area contributed by atoms with Crippen molar-refractivity contribution in [2.24, 2.45) is 0 Å². The van der Waals surface area contributed by atoms with Crippen LogP contribution in [-0.4, -0.2) is 37.9 Å². The van der Waals surface area contributed by atoms with E-state index < -0.39 is 0 Å². The Bertz CT molecular complexity index is 841. The van der Waals surface area contributed by atoms with Crippen LogP contribution in [0.3, 0.4) is 0 Å². The van der Waals surface area contributed by atoms with Crippen LogP contribution in [0.2, 0.25) is 0 Å². The standard InChI is InChI=1S/C18H20FN5O/c1-13-20-18(25-22-13)15-3-2-9-23(11-15)12-24-10-8-17(21-24)14-4-6-16(19)7-5-14/h4-8,10,15H,2-3,9,11-12H2,1H3. The summed E-state index contributed by atoms with van der Waals surface area (Å²) < 4.78 is 20.3. The lowest BCUT2D eigenvalue weighted by atomic mass is 9.98. The van der Waals surface area contributed by atoms with Gasteiger partial charge in [-0.25, -0.2) is 4.39 Å². The van der Waals surface area contributed by atoms with Crippen molar-refractivity contribution in [2.45, 2.75) is 32.4 Å². The summed E-state index contributed by atoms with van der Waals surface area (Å²) in [5.74, 6) is 1.46. The minimum atomic E-state index is -0.237. The average Bonchev–Trinajstić information content (AvgIpc) is 3.25. The Morgan fingerprint density at radius 3 is 2.84 bits per heavy atom. The zero-order valence-corrected chi connectivity index (χ0v) is 14.1. The van der Waals surface area contributed by atoms with Crippen molar-refractivity contribution in [3.63, 3.8) is 0 Å². The van der Waals surface area contributed by atoms with E-state index in [4.69, 9.17) is 4.52 Å². The highest BCUT2D eigenvalue weighted by Gasteiger charge is 2.25. The molecule has 3 heterocycles. The van der Waals surface area contributed by atoms with Crippen molar-refractivity contribution < 1.29 is 8.91 Å². The van der Waals surface area contributed by atoms with Crippen LogP contribution in [0, 0.1) is 12.7 Å². The number of piperidine rings is 1. The third-order valence-electron chi connectivity index (χ3n) is 4.52. The van der Waals surface area contributed by atoms with Gasteiger partial charge in [-0.3, -0.25) is 9.58 Å². The summed E-state index contributed by atoms with van der Waals surface area (Å²) in [6.45, 7) is 4.46. The Balaban J connectivity index is 1.42. The lowest BCUT2D eigenvalue weighted by molar-refractivity contribution is 0.144. The SMILES string of the molecule is Cc1noc(C2CCCN(Cn3ccc(-c4ccc(F)cc4)n3)C2)n1. The quantitative estimate of drug-likeness (QED) is 0.729. The summed E-state index contributed by atoms with van der Waals surface area (Å²) in [5.41, 5.74) is 1.76. The molecule has 25 heavy (non-hydrogen) atoms. The van der Waals surface area contributed by atoms with Crippen LogP contribution in [0.4, 0.5) is 4.39 Å². The summed E-state index contributed by atoms with van der Waals surface area (Å²) in [5, 5.41) is 8.50. The monoisotopic (exact) mass is 341 g/mol. The van der Waals surface area contributed by atoms with E-state index in [0.717, 1.165) is 43.1 Å². The molecule has 0 N–H and O–H groups in total. The number of hydrogen-bond acceptors (Lipinski definition) is 5. The predicted octanol–water partition coefficient (Wildman–Crippen LogP) is 3.22. The van der Waals surface area contributed by atoms with Gasteiger partial charge in [0.2, 0.25) is 5.89 Å². The number of hydrogen-bond donors (Lipinski definition) is 0. The Morgan fingerprint density at radius 2 is 2.08 bits per heavy atom. The van der Waals surface area contributed by atoms with Crippen LogP contribution in [0.1, 0.15) is 30.5 Å². The van der Waals surface area contributed by atoms with Gasteiger partial charge < -0.3 is 4.52 Å². The molecule has 1 aliphatic rings. The first kappa shape index (κ1) is 16.0. The van der Waals surface area contributed by atoms with Crippen LogP contribution in [0.15, 0.2) is 41.1 Å². The first-order valence-corrected chi connectivity index (χ1v) is 8.49. The lowest BCUT2D eigenvalue weighted by Gasteiger charge is -2.30. The molecule has 1 unspecified atom stereocenters. The first-order chi connectivity index (χ1) is 12.2. The molecule has 0 bridgehead atoms. The fourth-order valence-electron chi connectivity index (χ4n) is 3.28. The van der Waals surface area contributed by atoms with Crippen LogP contribution in [-0.2, 0) is 6.67 Å². The maximum atomic E-state index is 13.0. The van der Waals surface area contributed by atoms with E-state index in [-0.39, 0.29) is 11.7 Å². The molecule has 3 aromatic rings. The van der Waals surface area contributed by atoms with Gasteiger partial charge in [-0.1, -0.05) is 5.16 Å². The molecule has 0 saturated carbocycles. The smallest absolute Gasteiger partial charge is 0.231 e. The number of aromatic nitrogens is 4. The van der Waals surface area contributed by atoms with Crippen LogP contribution >= 0.6 is 0 Å². The molecule has 0 amide bonds. The number of rotatable bonds is 4. The molecule has 7 heteroatoms. The fraction of sp³-hybridized carbons (Fsp3) is 0.389. The minimum Gasteiger partial charge on any atom is -0.339 e. The van der Waals surface area contributed by atoms with Gasteiger partial charge in [0.15, 0.2) is 5.82 Å². The third kappa shape index (κ3) is 3.61. The molecule has 1 aliphatic heterocycles. The Kier molecular flexibility index (Phi) is 4.31. The van der Waals surface area contributed by atoms with Crippen LogP contribution in [0.5, 0.6) is 0 Å². The highest BCUT2D eigenvalue weighted by Crippen LogP contribution is 2.26. The molecule has 6 nitrogen and oxygen atoms in total. The molecule has 0 spiro atoms. The molecule has 2 aromatic heterocycles. The number of likely N-dealkylation sites (tertiary alicyclic amines) is 1. The van der Waals surface area contributed by atoms with Gasteiger partial charge >= 0.3 is 0 Å². The normalized spacial score (nSPS) is 18.6. The predicted molar refractivity (Wildman–Crippen MR) is 90.2 cm³/mol. The third-order valence-corrected chi connectivity index (χ3v) is 4.52. The highest BCUT2D eigenvalue weighted by atomic mass is 19.1. The van der Waals surface area contributed by atoms with Crippen molar-refractivity contribution in [1.82, 2.24) is 24.8 Å². The van der Waals surface area contributed by atoms with Crippen molar-refractivity contribution in [3.05, 3.63) is 54.1 Å². The number of benzene rings is 1. The van der Waals surface area contributed by atoms with E-state index in [2.05, 4.69) is 20.1 Å². The maximum absolute atomic E-state index is 13.0. The van der Waals surface area contributed by atoms with Crippen LogP contribution < -0.4 is 0 Å². The molecule has 0 aliphatic carbocycles. The Hall–Kier alpha value is -2.54. The largest absolute Gasteiger partial charge is 0.339 e. The van der Waals surface area contributed by atoms with Gasteiger partial charge in [-0.05, 0) is 56.6 Å². The molecule has 1 aromatic carbocycles. The zero-order chi connectivity index (χ0) is 17.2. The summed E-state index contributed by atoms with van der Waals surface area (Å²) in [4.78, 5) is 6.71. The van der Waals surface area contributed by atoms with Crippen molar-refractivity contribution >= 4 is 0 Å². The Labute approximate surface area is 145 Å². The van der Waals surface area contributed by atoms with E-state index >= 15 is 0 Å². The second-order valence-corrected chi connectivity index (χ2v) is 6.48. The van der Waals surface area contributed by atoms with Gasteiger partial charge in [-0.15, -0.1) is 0 Å². The fourth-order valence-corrected chi connectivity index (χ4v) is 3.28. The second kappa shape index (κ2) is 6.76. The molecule has 1 saturated heterocycles. The number of aryl methyl sites for hydroxylation is 1. The van der Waals surface area contributed by atoms with E-state index in [9.17, 15) is 4.39 Å². The summed E-state index contributed by atoms with van der Waals surface area (Å²) in [7, 11) is 0. The van der Waals surface area contributed by atoms with Crippen molar-refractivity contribution in [1.29, 1.82) is 0 Å². The Morgan fingerprint density at radius 1 is 1.24 bits per heavy atom. The molecule has 130 valence electrons. The molecule has 4 rings (SSSR count). The lowest BCUT2D eigenvalue weighted by Crippen LogP contribution is -2.36. The van der Waals surface area contributed by atoms with Crippen LogP contribution in [0.25, 0.3) is 11.3 Å². The average molecular weight is 341 g/mol. The summed E-state index contributed by atoms with van der Waals surface area (Å²) >= 11 is 0. The zero-order valence-electron chi connectivity index (χ0n) is 14.1. The van der Waals surface area contributed by atoms with E-state index in [1.54, 1.807) is 12.1 Å². The minimum absolute atomic E-state index is 0.237. The topological polar surface area (TPSA) is 60.0 Å². The van der Waals surface area contributed by atoms with Gasteiger partial charge in [0.05, 0.1) is 18.3 Å². The highest BCUT2D eigenvalue weighted by molar-refractivity contribution is 5.58. The second-order valence-electron chi connectivity index (χ2n) is 6.48. The molecule has 1 atom stereocenters. The molecule has 1 fully saturated rings. The number of nitrogens with zero attached hydrogens (tertiary/aromatic N) is 5. The number of halogens is 1. The maximum Gasteiger partial charge on any atom is 0.231 e. The van der Waals surface area contributed by atoms with Gasteiger partial charge in [0.25, 0.3) is 0 Å².